The zero-order valence-corrected chi connectivity index (χ0v) is 18.5. The van der Waals surface area contributed by atoms with E-state index in [1.807, 2.05) is 31.2 Å². The van der Waals surface area contributed by atoms with Gasteiger partial charge < -0.3 is 13.9 Å². The van der Waals surface area contributed by atoms with Gasteiger partial charge in [-0.3, -0.25) is 0 Å². The molecule has 1 aliphatic heterocycles. The number of furan rings is 1. The van der Waals surface area contributed by atoms with Crippen LogP contribution in [-0.4, -0.2) is 11.9 Å². The van der Waals surface area contributed by atoms with E-state index in [0.717, 1.165) is 20.1 Å². The monoisotopic (exact) mass is 515 g/mol. The molecular formula is C22H15Br2NO4. The van der Waals surface area contributed by atoms with E-state index in [9.17, 15) is 4.79 Å². The molecule has 5 nitrogen and oxygen atoms in total. The predicted molar refractivity (Wildman–Crippen MR) is 117 cm³/mol. The number of esters is 1. The molecule has 0 N–H and O–H groups in total. The fourth-order valence-corrected chi connectivity index (χ4v) is 4.16. The van der Waals surface area contributed by atoms with Crippen molar-refractivity contribution < 1.29 is 18.7 Å². The number of ether oxygens (including phenoxy) is 2. The summed E-state index contributed by atoms with van der Waals surface area (Å²) in [6.45, 7) is 2.49. The van der Waals surface area contributed by atoms with Gasteiger partial charge in [0.25, 0.3) is 5.90 Å². The van der Waals surface area contributed by atoms with Crippen LogP contribution < -0.4 is 4.74 Å². The van der Waals surface area contributed by atoms with Crippen LogP contribution in [0.1, 0.15) is 22.5 Å². The number of carbonyl (C=O) groups excluding carboxylic acids is 1. The van der Waals surface area contributed by atoms with Gasteiger partial charge >= 0.3 is 5.97 Å². The lowest BCUT2D eigenvalue weighted by atomic mass is 10.1. The van der Waals surface area contributed by atoms with Crippen LogP contribution in [0.2, 0.25) is 0 Å². The first-order valence-electron chi connectivity index (χ1n) is 8.73. The van der Waals surface area contributed by atoms with Gasteiger partial charge in [0.15, 0.2) is 11.5 Å². The summed E-state index contributed by atoms with van der Waals surface area (Å²) in [4.78, 5) is 16.3. The first-order chi connectivity index (χ1) is 14.0. The number of nitrogens with zero attached hydrogens (tertiary/aromatic N) is 1. The minimum absolute atomic E-state index is 0.155. The van der Waals surface area contributed by atoms with Gasteiger partial charge in [0.2, 0.25) is 0 Å². The van der Waals surface area contributed by atoms with Gasteiger partial charge in [0.1, 0.15) is 12.4 Å². The fourth-order valence-electron chi connectivity index (χ4n) is 2.71. The Labute approximate surface area is 184 Å². The van der Waals surface area contributed by atoms with E-state index in [1.165, 1.54) is 11.8 Å². The summed E-state index contributed by atoms with van der Waals surface area (Å²) in [5, 5.41) is 0. The van der Waals surface area contributed by atoms with Crippen LogP contribution in [0.3, 0.4) is 0 Å². The van der Waals surface area contributed by atoms with Gasteiger partial charge in [-0.2, -0.15) is 0 Å². The number of rotatable bonds is 5. The van der Waals surface area contributed by atoms with Crippen molar-refractivity contribution in [3.05, 3.63) is 91.9 Å². The van der Waals surface area contributed by atoms with Crippen LogP contribution in [0.4, 0.5) is 0 Å². The number of cyclic esters (lactones) is 1. The Kier molecular flexibility index (Phi) is 5.69. The summed E-state index contributed by atoms with van der Waals surface area (Å²) < 4.78 is 17.9. The molecule has 1 aliphatic rings. The Bertz CT molecular complexity index is 1090. The smallest absolute Gasteiger partial charge is 0.363 e. The maximum Gasteiger partial charge on any atom is 0.363 e. The normalized spacial score (nSPS) is 14.8. The topological polar surface area (TPSA) is 61.0 Å². The van der Waals surface area contributed by atoms with Gasteiger partial charge in [0, 0.05) is 0 Å². The maximum absolute atomic E-state index is 12.1. The third kappa shape index (κ3) is 4.52. The minimum atomic E-state index is -0.525. The van der Waals surface area contributed by atoms with E-state index in [0.29, 0.717) is 18.1 Å². The second-order valence-corrected chi connectivity index (χ2v) is 8.11. The van der Waals surface area contributed by atoms with Crippen LogP contribution in [0.5, 0.6) is 5.75 Å². The molecule has 0 bridgehead atoms. The molecule has 29 heavy (non-hydrogen) atoms. The highest BCUT2D eigenvalue weighted by Gasteiger charge is 2.26. The lowest BCUT2D eigenvalue weighted by Gasteiger charge is -2.11. The summed E-state index contributed by atoms with van der Waals surface area (Å²) in [7, 11) is 0. The van der Waals surface area contributed by atoms with Crippen molar-refractivity contribution in [2.24, 2.45) is 4.99 Å². The SMILES string of the molecule is Cc1ccc(COc2c(Br)cc(/C=C3\N=C(c4ccco4)OC3=O)cc2Br)cc1. The van der Waals surface area contributed by atoms with E-state index >= 15 is 0 Å². The minimum Gasteiger partial charge on any atom is -0.487 e. The molecule has 0 amide bonds. The molecule has 3 aromatic rings. The summed E-state index contributed by atoms with van der Waals surface area (Å²) in [5.41, 5.74) is 3.25. The standard InChI is InChI=1S/C22H15Br2NO4/c1-13-4-6-14(7-5-13)12-28-20-16(23)9-15(10-17(20)24)11-18-22(26)29-21(25-18)19-3-2-8-27-19/h2-11H,12H2,1H3/b18-11-. The summed E-state index contributed by atoms with van der Waals surface area (Å²) in [6, 6.07) is 15.3. The van der Waals surface area contributed by atoms with Gasteiger partial charge in [-0.05, 0) is 80.3 Å². The lowest BCUT2D eigenvalue weighted by molar-refractivity contribution is -0.130. The van der Waals surface area contributed by atoms with Gasteiger partial charge in [-0.25, -0.2) is 9.79 Å². The van der Waals surface area contributed by atoms with Crippen molar-refractivity contribution in [3.63, 3.8) is 0 Å². The Morgan fingerprint density at radius 2 is 1.83 bits per heavy atom. The van der Waals surface area contributed by atoms with E-state index in [2.05, 4.69) is 49.0 Å². The fraction of sp³-hybridized carbons (Fsp3) is 0.0909. The van der Waals surface area contributed by atoms with E-state index in [-0.39, 0.29) is 11.6 Å². The molecule has 0 saturated carbocycles. The van der Waals surface area contributed by atoms with Crippen LogP contribution in [-0.2, 0) is 16.1 Å². The summed E-state index contributed by atoms with van der Waals surface area (Å²) in [5.74, 6) is 0.719. The molecule has 0 spiro atoms. The highest BCUT2D eigenvalue weighted by atomic mass is 79.9. The molecule has 2 aromatic carbocycles. The van der Waals surface area contributed by atoms with Crippen LogP contribution in [0.15, 0.2) is 78.8 Å². The first-order valence-corrected chi connectivity index (χ1v) is 10.3. The van der Waals surface area contributed by atoms with Crippen molar-refractivity contribution in [2.45, 2.75) is 13.5 Å². The molecule has 0 aliphatic carbocycles. The van der Waals surface area contributed by atoms with Crippen molar-refractivity contribution in [2.75, 3.05) is 0 Å². The third-order valence-corrected chi connectivity index (χ3v) is 5.36. The highest BCUT2D eigenvalue weighted by molar-refractivity contribution is 9.11. The van der Waals surface area contributed by atoms with Gasteiger partial charge in [-0.15, -0.1) is 0 Å². The molecule has 1 aromatic heterocycles. The predicted octanol–water partition coefficient (Wildman–Crippen LogP) is 6.04. The molecule has 0 fully saturated rings. The number of benzene rings is 2. The number of carbonyl (C=O) groups is 1. The molecule has 0 saturated heterocycles. The van der Waals surface area contributed by atoms with Crippen molar-refractivity contribution in [3.8, 4) is 5.75 Å². The van der Waals surface area contributed by atoms with Crippen molar-refractivity contribution in [1.29, 1.82) is 0 Å². The molecule has 0 atom stereocenters. The average molecular weight is 517 g/mol. The van der Waals surface area contributed by atoms with E-state index < -0.39 is 5.97 Å². The molecule has 7 heteroatoms. The molecule has 146 valence electrons. The zero-order valence-electron chi connectivity index (χ0n) is 15.3. The Hall–Kier alpha value is -2.64. The largest absolute Gasteiger partial charge is 0.487 e. The van der Waals surface area contributed by atoms with Crippen LogP contribution in [0.25, 0.3) is 6.08 Å². The zero-order chi connectivity index (χ0) is 20.4. The number of aliphatic imine (C=N–C) groups is 1. The van der Waals surface area contributed by atoms with E-state index in [1.54, 1.807) is 18.2 Å². The van der Waals surface area contributed by atoms with Gasteiger partial charge in [0.05, 0.1) is 15.2 Å². The van der Waals surface area contributed by atoms with Crippen LogP contribution in [0, 0.1) is 6.92 Å². The second kappa shape index (κ2) is 8.39. The number of aryl methyl sites for hydroxylation is 1. The van der Waals surface area contributed by atoms with Gasteiger partial charge in [-0.1, -0.05) is 29.8 Å². The molecule has 0 unspecified atom stereocenters. The third-order valence-electron chi connectivity index (χ3n) is 4.18. The maximum atomic E-state index is 12.1. The summed E-state index contributed by atoms with van der Waals surface area (Å²) >= 11 is 7.08. The second-order valence-electron chi connectivity index (χ2n) is 6.40. The molecular weight excluding hydrogens is 502 g/mol. The summed E-state index contributed by atoms with van der Waals surface area (Å²) in [6.07, 6.45) is 3.15. The average Bonchev–Trinajstić information content (AvgIpc) is 3.33. The number of hydrogen-bond acceptors (Lipinski definition) is 5. The first kappa shape index (κ1) is 19.7. The Balaban J connectivity index is 1.54. The van der Waals surface area contributed by atoms with Crippen LogP contribution >= 0.6 is 31.9 Å². The quantitative estimate of drug-likeness (QED) is 0.306. The Morgan fingerprint density at radius 3 is 2.48 bits per heavy atom. The lowest BCUT2D eigenvalue weighted by Crippen LogP contribution is -2.04. The molecule has 2 heterocycles. The van der Waals surface area contributed by atoms with E-state index in [4.69, 9.17) is 13.9 Å². The number of hydrogen-bond donors (Lipinski definition) is 0. The Morgan fingerprint density at radius 1 is 1.10 bits per heavy atom. The molecule has 4 rings (SSSR count). The van der Waals surface area contributed by atoms with Crippen molar-refractivity contribution in [1.82, 2.24) is 0 Å². The molecule has 0 radical (unpaired) electrons. The van der Waals surface area contributed by atoms with Crippen molar-refractivity contribution >= 4 is 49.8 Å². The number of halogens is 2. The highest BCUT2D eigenvalue weighted by Crippen LogP contribution is 2.36.